The van der Waals surface area contributed by atoms with Gasteiger partial charge >= 0.3 is 0 Å². The van der Waals surface area contributed by atoms with Crippen molar-refractivity contribution in [1.29, 1.82) is 0 Å². The summed E-state index contributed by atoms with van der Waals surface area (Å²) in [6.45, 7) is 6.31. The number of carbonyl (C=O) groups excluding carboxylic acids is 2. The number of nitrogens with zero attached hydrogens (tertiary/aromatic N) is 4. The second-order valence-corrected chi connectivity index (χ2v) is 8.52. The summed E-state index contributed by atoms with van der Waals surface area (Å²) in [7, 11) is 0. The predicted octanol–water partition coefficient (Wildman–Crippen LogP) is 3.14. The first-order chi connectivity index (χ1) is 13.5. The fraction of sp³-hybridized carbons (Fsp3) is 0.500. The van der Waals surface area contributed by atoms with Gasteiger partial charge in [0.1, 0.15) is 0 Å². The lowest BCUT2D eigenvalue weighted by molar-refractivity contribution is -0.120. The highest BCUT2D eigenvalue weighted by atomic mass is 32.1. The number of hydrogen-bond donors (Lipinski definition) is 1. The first-order valence-electron chi connectivity index (χ1n) is 9.78. The molecule has 0 saturated carbocycles. The molecule has 0 unspecified atom stereocenters. The molecule has 0 spiro atoms. The molecule has 2 aromatic rings. The molecule has 0 aliphatic carbocycles. The van der Waals surface area contributed by atoms with E-state index in [0.717, 1.165) is 36.6 Å². The number of nitrogens with one attached hydrogen (secondary N) is 1. The summed E-state index contributed by atoms with van der Waals surface area (Å²) >= 11 is 1.44. The van der Waals surface area contributed by atoms with Crippen molar-refractivity contribution in [1.82, 2.24) is 10.2 Å². The average Bonchev–Trinajstić information content (AvgIpc) is 3.33. The molecule has 148 valence electrons. The van der Waals surface area contributed by atoms with Crippen LogP contribution in [0.15, 0.2) is 18.2 Å². The second-order valence-electron chi connectivity index (χ2n) is 7.59. The minimum atomic E-state index is -0.0869. The van der Waals surface area contributed by atoms with Crippen LogP contribution in [0.3, 0.4) is 0 Å². The molecule has 0 radical (unpaired) electrons. The van der Waals surface area contributed by atoms with Crippen LogP contribution in [-0.2, 0) is 9.59 Å². The van der Waals surface area contributed by atoms with E-state index in [4.69, 9.17) is 0 Å². The summed E-state index contributed by atoms with van der Waals surface area (Å²) in [6.07, 6.45) is 3.25. The number of hydrogen-bond acceptors (Lipinski definition) is 6. The minimum absolute atomic E-state index is 0.0485. The molecular weight excluding hydrogens is 374 g/mol. The highest BCUT2D eigenvalue weighted by Gasteiger charge is 2.30. The van der Waals surface area contributed by atoms with Gasteiger partial charge < -0.3 is 10.2 Å². The molecule has 2 aliphatic rings. The molecular formula is C20H25N5O2S. The molecule has 1 atom stereocenters. The van der Waals surface area contributed by atoms with Crippen LogP contribution >= 0.6 is 11.3 Å². The Morgan fingerprint density at radius 2 is 1.96 bits per heavy atom. The van der Waals surface area contributed by atoms with E-state index in [2.05, 4.69) is 27.3 Å². The Bertz CT molecular complexity index is 896. The number of piperidine rings is 1. The highest BCUT2D eigenvalue weighted by Crippen LogP contribution is 2.32. The number of benzene rings is 1. The first kappa shape index (κ1) is 18.9. The van der Waals surface area contributed by atoms with Crippen LogP contribution < -0.4 is 15.1 Å². The van der Waals surface area contributed by atoms with E-state index in [-0.39, 0.29) is 17.7 Å². The normalized spacial score (nSPS) is 19.9. The largest absolute Gasteiger partial charge is 0.346 e. The van der Waals surface area contributed by atoms with E-state index in [9.17, 15) is 9.59 Å². The maximum absolute atomic E-state index is 12.8. The minimum Gasteiger partial charge on any atom is -0.346 e. The monoisotopic (exact) mass is 399 g/mol. The molecule has 4 rings (SSSR count). The van der Waals surface area contributed by atoms with Gasteiger partial charge in [-0.3, -0.25) is 14.5 Å². The Hall–Kier alpha value is -2.48. The van der Waals surface area contributed by atoms with Gasteiger partial charge in [0, 0.05) is 31.7 Å². The van der Waals surface area contributed by atoms with Gasteiger partial charge in [-0.15, -0.1) is 10.2 Å². The molecule has 7 nitrogen and oxygen atoms in total. The number of anilines is 3. The topological polar surface area (TPSA) is 78.4 Å². The van der Waals surface area contributed by atoms with Crippen LogP contribution in [0, 0.1) is 19.8 Å². The third-order valence-corrected chi connectivity index (χ3v) is 6.55. The smallest absolute Gasteiger partial charge is 0.229 e. The SMILES string of the molecule is Cc1ccc(NC(=O)[C@H]2CCCN(c3nnc(N4CCCC4=O)s3)C2)cc1C. The highest BCUT2D eigenvalue weighted by molar-refractivity contribution is 7.19. The zero-order valence-corrected chi connectivity index (χ0v) is 17.1. The van der Waals surface area contributed by atoms with Gasteiger partial charge in [0.15, 0.2) is 0 Å². The first-order valence-corrected chi connectivity index (χ1v) is 10.6. The van der Waals surface area contributed by atoms with Crippen LogP contribution in [-0.4, -0.2) is 41.6 Å². The van der Waals surface area contributed by atoms with Crippen LogP contribution in [0.25, 0.3) is 0 Å². The van der Waals surface area contributed by atoms with Crippen molar-refractivity contribution in [2.45, 2.75) is 39.5 Å². The van der Waals surface area contributed by atoms with Crippen LogP contribution in [0.2, 0.25) is 0 Å². The molecule has 2 saturated heterocycles. The molecule has 8 heteroatoms. The number of aryl methyl sites for hydroxylation is 2. The molecule has 0 bridgehead atoms. The average molecular weight is 400 g/mol. The van der Waals surface area contributed by atoms with Crippen LogP contribution in [0.4, 0.5) is 16.0 Å². The van der Waals surface area contributed by atoms with Crippen molar-refractivity contribution >= 4 is 39.1 Å². The molecule has 1 N–H and O–H groups in total. The lowest BCUT2D eigenvalue weighted by Gasteiger charge is -2.31. The Kier molecular flexibility index (Phi) is 5.30. The van der Waals surface area contributed by atoms with Gasteiger partial charge in [-0.05, 0) is 56.4 Å². The fourth-order valence-electron chi connectivity index (χ4n) is 3.72. The van der Waals surface area contributed by atoms with Crippen molar-refractivity contribution in [3.05, 3.63) is 29.3 Å². The Morgan fingerprint density at radius 3 is 2.71 bits per heavy atom. The predicted molar refractivity (Wildman–Crippen MR) is 111 cm³/mol. The molecule has 28 heavy (non-hydrogen) atoms. The van der Waals surface area contributed by atoms with Gasteiger partial charge in [0.25, 0.3) is 0 Å². The van der Waals surface area contributed by atoms with Gasteiger partial charge in [0.2, 0.25) is 22.1 Å². The van der Waals surface area contributed by atoms with E-state index < -0.39 is 0 Å². The zero-order valence-electron chi connectivity index (χ0n) is 16.3. The third-order valence-electron chi connectivity index (χ3n) is 5.55. The number of aromatic nitrogens is 2. The number of rotatable bonds is 4. The molecule has 2 amide bonds. The lowest BCUT2D eigenvalue weighted by atomic mass is 9.97. The molecule has 2 aliphatic heterocycles. The summed E-state index contributed by atoms with van der Waals surface area (Å²) < 4.78 is 0. The van der Waals surface area contributed by atoms with Crippen LogP contribution in [0.5, 0.6) is 0 Å². The molecule has 3 heterocycles. The summed E-state index contributed by atoms with van der Waals surface area (Å²) in [5.74, 6) is 0.0792. The van der Waals surface area contributed by atoms with E-state index in [1.54, 1.807) is 4.90 Å². The van der Waals surface area contributed by atoms with E-state index in [1.165, 1.54) is 22.5 Å². The maximum atomic E-state index is 12.8. The van der Waals surface area contributed by atoms with E-state index >= 15 is 0 Å². The maximum Gasteiger partial charge on any atom is 0.229 e. The Labute approximate surface area is 168 Å². The molecule has 2 fully saturated rings. The summed E-state index contributed by atoms with van der Waals surface area (Å²) in [5, 5.41) is 13.0. The Balaban J connectivity index is 1.41. The summed E-state index contributed by atoms with van der Waals surface area (Å²) in [4.78, 5) is 28.5. The summed E-state index contributed by atoms with van der Waals surface area (Å²) in [6, 6.07) is 5.99. The van der Waals surface area contributed by atoms with Crippen molar-refractivity contribution in [3.63, 3.8) is 0 Å². The van der Waals surface area contributed by atoms with Gasteiger partial charge in [-0.1, -0.05) is 17.4 Å². The van der Waals surface area contributed by atoms with Crippen molar-refractivity contribution in [3.8, 4) is 0 Å². The second kappa shape index (κ2) is 7.87. The van der Waals surface area contributed by atoms with Crippen LogP contribution in [0.1, 0.15) is 36.8 Å². The van der Waals surface area contributed by atoms with Gasteiger partial charge in [0.05, 0.1) is 5.92 Å². The van der Waals surface area contributed by atoms with E-state index in [1.807, 2.05) is 25.1 Å². The Morgan fingerprint density at radius 1 is 1.14 bits per heavy atom. The summed E-state index contributed by atoms with van der Waals surface area (Å²) in [5.41, 5.74) is 3.22. The van der Waals surface area contributed by atoms with Crippen molar-refractivity contribution < 1.29 is 9.59 Å². The number of amides is 2. The van der Waals surface area contributed by atoms with Crippen molar-refractivity contribution in [2.75, 3.05) is 34.8 Å². The molecule has 1 aromatic carbocycles. The van der Waals surface area contributed by atoms with E-state index in [0.29, 0.717) is 24.6 Å². The van der Waals surface area contributed by atoms with Gasteiger partial charge in [-0.25, -0.2) is 0 Å². The van der Waals surface area contributed by atoms with Crippen molar-refractivity contribution in [2.24, 2.45) is 5.92 Å². The fourth-order valence-corrected chi connectivity index (χ4v) is 4.65. The third kappa shape index (κ3) is 3.87. The standard InChI is InChI=1S/C20H25N5O2S/c1-13-7-8-16(11-14(13)2)21-18(27)15-5-3-9-24(12-15)19-22-23-20(28-19)25-10-4-6-17(25)26/h7-8,11,15H,3-6,9-10,12H2,1-2H3,(H,21,27)/t15-/m0/s1. The zero-order chi connectivity index (χ0) is 19.7. The van der Waals surface area contributed by atoms with Gasteiger partial charge in [-0.2, -0.15) is 0 Å². The lowest BCUT2D eigenvalue weighted by Crippen LogP contribution is -2.40. The number of carbonyl (C=O) groups is 2. The molecule has 1 aromatic heterocycles. The quantitative estimate of drug-likeness (QED) is 0.855.